The van der Waals surface area contributed by atoms with Gasteiger partial charge in [-0.3, -0.25) is 0 Å². The first kappa shape index (κ1) is 19.0. The highest BCUT2D eigenvalue weighted by Crippen LogP contribution is 2.52. The number of hydrogen-bond acceptors (Lipinski definition) is 4. The van der Waals surface area contributed by atoms with Crippen molar-refractivity contribution in [2.24, 2.45) is 0 Å². The van der Waals surface area contributed by atoms with Crippen molar-refractivity contribution in [3.8, 4) is 0 Å². The first-order valence-corrected chi connectivity index (χ1v) is 10.9. The SMILES string of the molecule is CC1(C)CCCC(C)(C)N1SSN1C(C)(C)CCCC1(C)C. The van der Waals surface area contributed by atoms with Crippen molar-refractivity contribution in [1.29, 1.82) is 0 Å². The van der Waals surface area contributed by atoms with Crippen molar-refractivity contribution in [3.63, 3.8) is 0 Å². The first-order valence-electron chi connectivity index (χ1n) is 8.84. The Kier molecular flexibility index (Phi) is 5.31. The molecule has 0 bridgehead atoms. The second kappa shape index (κ2) is 6.16. The lowest BCUT2D eigenvalue weighted by Gasteiger charge is -2.55. The summed E-state index contributed by atoms with van der Waals surface area (Å²) in [6.07, 6.45) is 7.91. The summed E-state index contributed by atoms with van der Waals surface area (Å²) in [4.78, 5) is 0. The summed E-state index contributed by atoms with van der Waals surface area (Å²) in [5.74, 6) is 0. The van der Waals surface area contributed by atoms with E-state index in [2.05, 4.69) is 64.0 Å². The fourth-order valence-electron chi connectivity index (χ4n) is 4.42. The van der Waals surface area contributed by atoms with Crippen molar-refractivity contribution in [1.82, 2.24) is 8.61 Å². The molecule has 2 rings (SSSR count). The summed E-state index contributed by atoms with van der Waals surface area (Å²) < 4.78 is 5.35. The highest BCUT2D eigenvalue weighted by molar-refractivity contribution is 8.74. The van der Waals surface area contributed by atoms with Crippen LogP contribution in [-0.2, 0) is 0 Å². The number of piperidine rings is 2. The molecule has 130 valence electrons. The molecule has 0 unspecified atom stereocenters. The largest absolute Gasteiger partial charge is 0.229 e. The van der Waals surface area contributed by atoms with Gasteiger partial charge in [-0.25, -0.2) is 8.61 Å². The maximum atomic E-state index is 2.68. The molecule has 0 radical (unpaired) electrons. The molecule has 2 fully saturated rings. The molecule has 22 heavy (non-hydrogen) atoms. The van der Waals surface area contributed by atoms with Crippen LogP contribution >= 0.6 is 22.0 Å². The van der Waals surface area contributed by atoms with E-state index >= 15 is 0 Å². The lowest BCUT2D eigenvalue weighted by atomic mass is 9.83. The van der Waals surface area contributed by atoms with E-state index in [0.717, 1.165) is 0 Å². The maximum absolute atomic E-state index is 2.68. The lowest BCUT2D eigenvalue weighted by molar-refractivity contribution is 0.0639. The molecule has 0 N–H and O–H groups in total. The molecule has 0 aliphatic carbocycles. The van der Waals surface area contributed by atoms with E-state index in [1.807, 2.05) is 22.0 Å². The molecule has 0 aromatic carbocycles. The molecule has 0 atom stereocenters. The van der Waals surface area contributed by atoms with Gasteiger partial charge in [-0.05, 0) is 93.9 Å². The van der Waals surface area contributed by atoms with Gasteiger partial charge in [0.1, 0.15) is 0 Å². The molecule has 0 aromatic heterocycles. The summed E-state index contributed by atoms with van der Waals surface area (Å²) >= 11 is 0. The second-order valence-corrected chi connectivity index (χ2v) is 11.6. The third-order valence-electron chi connectivity index (χ3n) is 5.54. The predicted octanol–water partition coefficient (Wildman–Crippen LogP) is 6.28. The van der Waals surface area contributed by atoms with Crippen LogP contribution in [0.4, 0.5) is 0 Å². The zero-order valence-electron chi connectivity index (χ0n) is 16.0. The Morgan fingerprint density at radius 1 is 0.500 bits per heavy atom. The van der Waals surface area contributed by atoms with Gasteiger partial charge in [0.2, 0.25) is 0 Å². The van der Waals surface area contributed by atoms with Crippen LogP contribution in [0.1, 0.15) is 93.9 Å². The standard InChI is InChI=1S/C18H36N2S2/c1-15(2)11-9-12-16(3,4)19(15)21-22-20-17(5,6)13-10-14-18(20,7)8/h9-14H2,1-8H3. The lowest BCUT2D eigenvalue weighted by Crippen LogP contribution is -2.56. The Hall–Kier alpha value is 0.620. The number of rotatable bonds is 3. The molecule has 4 heteroatoms. The maximum Gasteiger partial charge on any atom is 0.0271 e. The minimum absolute atomic E-state index is 0.281. The molecule has 0 aromatic rings. The van der Waals surface area contributed by atoms with E-state index in [-0.39, 0.29) is 22.2 Å². The summed E-state index contributed by atoms with van der Waals surface area (Å²) in [5.41, 5.74) is 1.12. The van der Waals surface area contributed by atoms with E-state index in [1.165, 1.54) is 38.5 Å². The van der Waals surface area contributed by atoms with Gasteiger partial charge in [0.15, 0.2) is 0 Å². The van der Waals surface area contributed by atoms with Gasteiger partial charge < -0.3 is 0 Å². The molecular weight excluding hydrogens is 308 g/mol. The van der Waals surface area contributed by atoms with Gasteiger partial charge in [-0.1, -0.05) is 0 Å². The molecule has 2 aliphatic rings. The van der Waals surface area contributed by atoms with Gasteiger partial charge in [0, 0.05) is 44.1 Å². The molecule has 0 spiro atoms. The summed E-state index contributed by atoms with van der Waals surface area (Å²) in [7, 11) is 4.00. The average molecular weight is 345 g/mol. The van der Waals surface area contributed by atoms with Crippen LogP contribution < -0.4 is 0 Å². The minimum Gasteiger partial charge on any atom is -0.229 e. The molecule has 2 aliphatic heterocycles. The summed E-state index contributed by atoms with van der Waals surface area (Å²) in [5, 5.41) is 0. The van der Waals surface area contributed by atoms with Crippen LogP contribution in [0.5, 0.6) is 0 Å². The van der Waals surface area contributed by atoms with Crippen LogP contribution in [0.15, 0.2) is 0 Å². The van der Waals surface area contributed by atoms with Crippen molar-refractivity contribution in [3.05, 3.63) is 0 Å². The molecule has 0 amide bonds. The molecule has 2 nitrogen and oxygen atoms in total. The fraction of sp³-hybridized carbons (Fsp3) is 1.00. The van der Waals surface area contributed by atoms with Crippen molar-refractivity contribution in [2.75, 3.05) is 0 Å². The van der Waals surface area contributed by atoms with E-state index in [4.69, 9.17) is 0 Å². The summed E-state index contributed by atoms with van der Waals surface area (Å²) in [6.45, 7) is 19.3. The first-order chi connectivity index (χ1) is 9.89. The van der Waals surface area contributed by atoms with Gasteiger partial charge in [0.05, 0.1) is 0 Å². The van der Waals surface area contributed by atoms with Gasteiger partial charge in [0.25, 0.3) is 0 Å². The van der Waals surface area contributed by atoms with Gasteiger partial charge in [-0.2, -0.15) is 0 Å². The Balaban J connectivity index is 2.12. The fourth-order valence-corrected chi connectivity index (χ4v) is 8.55. The van der Waals surface area contributed by atoms with Crippen LogP contribution in [-0.4, -0.2) is 30.8 Å². The van der Waals surface area contributed by atoms with E-state index < -0.39 is 0 Å². The van der Waals surface area contributed by atoms with Crippen LogP contribution in [0, 0.1) is 0 Å². The Morgan fingerprint density at radius 3 is 0.955 bits per heavy atom. The zero-order valence-corrected chi connectivity index (χ0v) is 17.6. The van der Waals surface area contributed by atoms with Crippen molar-refractivity contribution in [2.45, 2.75) is 116 Å². The van der Waals surface area contributed by atoms with Gasteiger partial charge >= 0.3 is 0 Å². The zero-order chi connectivity index (χ0) is 16.8. The predicted molar refractivity (Wildman–Crippen MR) is 103 cm³/mol. The molecular formula is C18H36N2S2. The topological polar surface area (TPSA) is 6.48 Å². The Labute approximate surface area is 146 Å². The van der Waals surface area contributed by atoms with Crippen LogP contribution in [0.3, 0.4) is 0 Å². The normalized spacial score (nSPS) is 31.1. The van der Waals surface area contributed by atoms with E-state index in [0.29, 0.717) is 0 Å². The highest BCUT2D eigenvalue weighted by atomic mass is 33.1. The van der Waals surface area contributed by atoms with Crippen LogP contribution in [0.2, 0.25) is 0 Å². The number of nitrogens with zero attached hydrogens (tertiary/aromatic N) is 2. The third kappa shape index (κ3) is 3.81. The van der Waals surface area contributed by atoms with E-state index in [1.54, 1.807) is 0 Å². The van der Waals surface area contributed by atoms with Crippen LogP contribution in [0.25, 0.3) is 0 Å². The van der Waals surface area contributed by atoms with Crippen molar-refractivity contribution >= 4 is 22.0 Å². The van der Waals surface area contributed by atoms with E-state index in [9.17, 15) is 0 Å². The monoisotopic (exact) mass is 344 g/mol. The Morgan fingerprint density at radius 2 is 0.727 bits per heavy atom. The molecule has 2 heterocycles. The average Bonchev–Trinajstić information content (AvgIpc) is 2.29. The highest BCUT2D eigenvalue weighted by Gasteiger charge is 2.46. The molecule has 0 saturated carbocycles. The van der Waals surface area contributed by atoms with Crippen molar-refractivity contribution < 1.29 is 0 Å². The Bertz CT molecular complexity index is 332. The molecule has 2 saturated heterocycles. The second-order valence-electron chi connectivity index (χ2n) is 9.69. The minimum atomic E-state index is 0.281. The quantitative estimate of drug-likeness (QED) is 0.438. The third-order valence-corrected chi connectivity index (χ3v) is 8.97. The smallest absolute Gasteiger partial charge is 0.0271 e. The number of hydrogen-bond donors (Lipinski definition) is 0. The summed E-state index contributed by atoms with van der Waals surface area (Å²) in [6, 6.07) is 0. The van der Waals surface area contributed by atoms with Gasteiger partial charge in [-0.15, -0.1) is 0 Å².